The molecule has 0 bridgehead atoms. The van der Waals surface area contributed by atoms with Crippen molar-refractivity contribution < 1.29 is 9.90 Å². The molecule has 6 heteroatoms. The number of fused-ring (bicyclic) bond motifs is 1. The van der Waals surface area contributed by atoms with Crippen LogP contribution >= 0.6 is 23.6 Å². The zero-order valence-electron chi connectivity index (χ0n) is 11.0. The van der Waals surface area contributed by atoms with E-state index in [-0.39, 0.29) is 0 Å². The molecule has 2 heterocycles. The Morgan fingerprint density at radius 3 is 3.05 bits per heavy atom. The van der Waals surface area contributed by atoms with Crippen LogP contribution in [0.4, 0.5) is 0 Å². The van der Waals surface area contributed by atoms with E-state index in [0.29, 0.717) is 15.1 Å². The van der Waals surface area contributed by atoms with E-state index in [2.05, 4.69) is 16.0 Å². The van der Waals surface area contributed by atoms with Crippen molar-refractivity contribution in [3.63, 3.8) is 0 Å². The summed E-state index contributed by atoms with van der Waals surface area (Å²) >= 11 is 6.57. The van der Waals surface area contributed by atoms with Crippen molar-refractivity contribution in [3.8, 4) is 0 Å². The number of thiophene rings is 1. The molecule has 0 amide bonds. The number of H-pyrrole nitrogens is 1. The van der Waals surface area contributed by atoms with Crippen LogP contribution in [0.15, 0.2) is 11.6 Å². The monoisotopic (exact) mass is 306 g/mol. The minimum atomic E-state index is -0.917. The first-order valence-corrected chi connectivity index (χ1v) is 7.72. The number of allylic oxidation sites excluding steroid dienone is 2. The van der Waals surface area contributed by atoms with Gasteiger partial charge in [-0.2, -0.15) is 0 Å². The van der Waals surface area contributed by atoms with Gasteiger partial charge < -0.3 is 10.1 Å². The summed E-state index contributed by atoms with van der Waals surface area (Å²) < 4.78 is 0.588. The minimum absolute atomic E-state index is 0.323. The molecule has 0 saturated heterocycles. The Bertz CT molecular complexity index is 786. The van der Waals surface area contributed by atoms with Crippen molar-refractivity contribution >= 4 is 39.7 Å². The maximum absolute atomic E-state index is 11.2. The van der Waals surface area contributed by atoms with Crippen molar-refractivity contribution in [1.82, 2.24) is 9.97 Å². The van der Waals surface area contributed by atoms with Crippen LogP contribution in [0.1, 0.15) is 40.3 Å². The molecule has 0 radical (unpaired) electrons. The number of aromatic nitrogens is 2. The largest absolute Gasteiger partial charge is 0.477 e. The lowest BCUT2D eigenvalue weighted by Crippen LogP contribution is -1.97. The van der Waals surface area contributed by atoms with Gasteiger partial charge in [-0.3, -0.25) is 0 Å². The van der Waals surface area contributed by atoms with Crippen LogP contribution in [0.3, 0.4) is 0 Å². The molecule has 0 fully saturated rings. The molecule has 2 N–H and O–H groups in total. The lowest BCUT2D eigenvalue weighted by Gasteiger charge is -2.03. The molecule has 0 spiro atoms. The summed E-state index contributed by atoms with van der Waals surface area (Å²) in [7, 11) is 0. The van der Waals surface area contributed by atoms with Gasteiger partial charge in [0.25, 0.3) is 0 Å². The standard InChI is InChI=1S/C14H14N2O2S2/c1-7-10-12(19)15-9(6-8-4-2-3-5-8)16-13(10)20-11(7)14(17)18/h4H,2-3,5-6H2,1H3,(H,17,18)(H,15,16,19). The summed E-state index contributed by atoms with van der Waals surface area (Å²) in [5.41, 5.74) is 2.09. The second-order valence-electron chi connectivity index (χ2n) is 4.99. The molecule has 4 nitrogen and oxygen atoms in total. The average Bonchev–Trinajstić information content (AvgIpc) is 2.97. The average molecular weight is 306 g/mol. The zero-order chi connectivity index (χ0) is 14.3. The van der Waals surface area contributed by atoms with E-state index in [1.54, 1.807) is 6.92 Å². The second-order valence-corrected chi connectivity index (χ2v) is 6.39. The highest BCUT2D eigenvalue weighted by Gasteiger charge is 2.17. The predicted molar refractivity (Wildman–Crippen MR) is 82.1 cm³/mol. The fourth-order valence-electron chi connectivity index (χ4n) is 2.59. The molecule has 0 saturated carbocycles. The summed E-state index contributed by atoms with van der Waals surface area (Å²) in [4.78, 5) is 19.9. The number of aromatic carboxylic acids is 1. The van der Waals surface area contributed by atoms with E-state index in [4.69, 9.17) is 12.2 Å². The van der Waals surface area contributed by atoms with E-state index in [9.17, 15) is 9.90 Å². The highest BCUT2D eigenvalue weighted by atomic mass is 32.1. The van der Waals surface area contributed by atoms with Gasteiger partial charge in [0.05, 0.1) is 0 Å². The van der Waals surface area contributed by atoms with Crippen molar-refractivity contribution in [2.75, 3.05) is 0 Å². The van der Waals surface area contributed by atoms with Crippen LogP contribution in [-0.4, -0.2) is 21.0 Å². The van der Waals surface area contributed by atoms with Crippen molar-refractivity contribution in [2.24, 2.45) is 0 Å². The van der Waals surface area contributed by atoms with Gasteiger partial charge in [-0.15, -0.1) is 11.3 Å². The first kappa shape index (κ1) is 13.5. The van der Waals surface area contributed by atoms with Gasteiger partial charge in [0.2, 0.25) is 0 Å². The molecule has 1 aliphatic carbocycles. The van der Waals surface area contributed by atoms with Gasteiger partial charge in [-0.05, 0) is 31.7 Å². The molecule has 0 aliphatic heterocycles. The molecule has 0 atom stereocenters. The minimum Gasteiger partial charge on any atom is -0.477 e. The Labute approximate surface area is 125 Å². The number of aromatic amines is 1. The highest BCUT2D eigenvalue weighted by molar-refractivity contribution is 7.71. The maximum atomic E-state index is 11.2. The van der Waals surface area contributed by atoms with Gasteiger partial charge in [-0.25, -0.2) is 9.78 Å². The molecule has 3 rings (SSSR count). The second kappa shape index (κ2) is 5.10. The van der Waals surface area contributed by atoms with Gasteiger partial charge in [0, 0.05) is 11.8 Å². The van der Waals surface area contributed by atoms with Gasteiger partial charge >= 0.3 is 5.97 Å². The van der Waals surface area contributed by atoms with Crippen LogP contribution in [0.25, 0.3) is 10.2 Å². The van der Waals surface area contributed by atoms with Crippen LogP contribution in [0.5, 0.6) is 0 Å². The topological polar surface area (TPSA) is 66.0 Å². The van der Waals surface area contributed by atoms with Gasteiger partial charge in [0.15, 0.2) is 0 Å². The van der Waals surface area contributed by atoms with Crippen LogP contribution in [-0.2, 0) is 6.42 Å². The molecule has 2 aromatic rings. The molecule has 20 heavy (non-hydrogen) atoms. The lowest BCUT2D eigenvalue weighted by atomic mass is 10.1. The Morgan fingerprint density at radius 1 is 1.60 bits per heavy atom. The summed E-state index contributed by atoms with van der Waals surface area (Å²) in [6.07, 6.45) is 6.49. The maximum Gasteiger partial charge on any atom is 0.346 e. The Hall–Kier alpha value is -1.53. The molecule has 104 valence electrons. The first-order chi connectivity index (χ1) is 9.56. The SMILES string of the molecule is Cc1c(C(=O)O)sc2nc(CC3=CCCC3)[nH]c(=S)c12. The van der Waals surface area contributed by atoms with Crippen LogP contribution in [0, 0.1) is 11.6 Å². The fourth-order valence-corrected chi connectivity index (χ4v) is 4.07. The quantitative estimate of drug-likeness (QED) is 0.664. The fraction of sp³-hybridized carbons (Fsp3) is 0.357. The number of hydrogen-bond acceptors (Lipinski definition) is 4. The van der Waals surface area contributed by atoms with E-state index in [1.165, 1.54) is 23.3 Å². The highest BCUT2D eigenvalue weighted by Crippen LogP contribution is 2.30. The summed E-state index contributed by atoms with van der Waals surface area (Å²) in [6.45, 7) is 1.78. The van der Waals surface area contributed by atoms with Crippen molar-refractivity contribution in [3.05, 3.63) is 32.6 Å². The molecule has 2 aromatic heterocycles. The molecule has 0 aromatic carbocycles. The van der Waals surface area contributed by atoms with E-state index in [1.807, 2.05) is 0 Å². The molecule has 0 unspecified atom stereocenters. The Balaban J connectivity index is 2.09. The van der Waals surface area contributed by atoms with Gasteiger partial charge in [0.1, 0.15) is 20.2 Å². The van der Waals surface area contributed by atoms with E-state index in [0.717, 1.165) is 35.3 Å². The number of carboxylic acid groups (broad SMARTS) is 1. The van der Waals surface area contributed by atoms with Crippen LogP contribution in [0.2, 0.25) is 0 Å². The third-order valence-electron chi connectivity index (χ3n) is 3.57. The third-order valence-corrected chi connectivity index (χ3v) is 5.05. The van der Waals surface area contributed by atoms with E-state index < -0.39 is 5.97 Å². The Morgan fingerprint density at radius 2 is 2.40 bits per heavy atom. The zero-order valence-corrected chi connectivity index (χ0v) is 12.7. The number of carbonyl (C=O) groups is 1. The summed E-state index contributed by atoms with van der Waals surface area (Å²) in [5.74, 6) is -0.0891. The first-order valence-electron chi connectivity index (χ1n) is 6.49. The number of aryl methyl sites for hydroxylation is 1. The molecule has 1 aliphatic rings. The normalized spacial score (nSPS) is 14.8. The van der Waals surface area contributed by atoms with E-state index >= 15 is 0 Å². The number of carboxylic acids is 1. The third kappa shape index (κ3) is 2.29. The smallest absolute Gasteiger partial charge is 0.346 e. The lowest BCUT2D eigenvalue weighted by molar-refractivity contribution is 0.0701. The summed E-state index contributed by atoms with van der Waals surface area (Å²) in [6, 6.07) is 0. The Kier molecular flexibility index (Phi) is 3.43. The number of nitrogens with one attached hydrogen (secondary N) is 1. The predicted octanol–water partition coefficient (Wildman–Crippen LogP) is 4.01. The molecular weight excluding hydrogens is 292 g/mol. The van der Waals surface area contributed by atoms with Crippen molar-refractivity contribution in [2.45, 2.75) is 32.6 Å². The number of rotatable bonds is 3. The number of nitrogens with zero attached hydrogens (tertiary/aromatic N) is 1. The molecular formula is C14H14N2O2S2. The van der Waals surface area contributed by atoms with Crippen LogP contribution < -0.4 is 0 Å². The van der Waals surface area contributed by atoms with Gasteiger partial charge in [-0.1, -0.05) is 23.9 Å². The van der Waals surface area contributed by atoms with Crippen molar-refractivity contribution in [1.29, 1.82) is 0 Å². The summed E-state index contributed by atoms with van der Waals surface area (Å²) in [5, 5.41) is 9.96. The number of hydrogen-bond donors (Lipinski definition) is 2.